The van der Waals surface area contributed by atoms with E-state index in [9.17, 15) is 4.79 Å². The monoisotopic (exact) mass is 432 g/mol. The van der Waals surface area contributed by atoms with Gasteiger partial charge in [0.25, 0.3) is 5.56 Å². The lowest BCUT2D eigenvalue weighted by Gasteiger charge is -2.30. The van der Waals surface area contributed by atoms with Crippen molar-refractivity contribution in [1.82, 2.24) is 24.6 Å². The van der Waals surface area contributed by atoms with E-state index in [1.165, 1.54) is 10.6 Å². The minimum Gasteiger partial charge on any atom is -0.350 e. The summed E-state index contributed by atoms with van der Waals surface area (Å²) in [5.41, 5.74) is 7.41. The van der Waals surface area contributed by atoms with Crippen molar-refractivity contribution in [1.29, 1.82) is 0 Å². The van der Waals surface area contributed by atoms with Gasteiger partial charge >= 0.3 is 0 Å². The highest BCUT2D eigenvalue weighted by molar-refractivity contribution is 6.29. The number of hydrogen-bond donors (Lipinski definition) is 0. The van der Waals surface area contributed by atoms with Gasteiger partial charge in [-0.25, -0.2) is 9.97 Å². The standard InChI is InChI=1S/C23H21ClN6O/c1-13-6-20(24)26-11-18(13)16-9-17-12-29(5-4-19(17)25-10-16)23-14(2)7-21-27-15(3)8-22(31)30(21)28-23/h6-11H,4-5,12H2,1-3H3. The Bertz CT molecular complexity index is 1400. The average molecular weight is 433 g/mol. The lowest BCUT2D eigenvalue weighted by Crippen LogP contribution is -2.33. The third-order valence-electron chi connectivity index (χ3n) is 5.67. The van der Waals surface area contributed by atoms with Gasteiger partial charge < -0.3 is 4.90 Å². The van der Waals surface area contributed by atoms with Gasteiger partial charge in [0.05, 0.1) is 0 Å². The molecule has 0 spiro atoms. The van der Waals surface area contributed by atoms with Crippen LogP contribution < -0.4 is 10.5 Å². The number of aromatic nitrogens is 5. The topological polar surface area (TPSA) is 76.3 Å². The van der Waals surface area contributed by atoms with E-state index in [0.717, 1.165) is 52.3 Å². The number of pyridine rings is 2. The summed E-state index contributed by atoms with van der Waals surface area (Å²) in [5.74, 6) is 0.792. The minimum atomic E-state index is -0.171. The Balaban J connectivity index is 1.53. The van der Waals surface area contributed by atoms with Gasteiger partial charge in [-0.1, -0.05) is 11.6 Å². The molecule has 8 heteroatoms. The van der Waals surface area contributed by atoms with Gasteiger partial charge in [-0.3, -0.25) is 9.78 Å². The first-order chi connectivity index (χ1) is 14.9. The fraction of sp³-hybridized carbons (Fsp3) is 0.261. The van der Waals surface area contributed by atoms with Crippen LogP contribution in [0, 0.1) is 20.8 Å². The summed E-state index contributed by atoms with van der Waals surface area (Å²) < 4.78 is 1.38. The van der Waals surface area contributed by atoms with Crippen LogP contribution in [-0.2, 0) is 13.0 Å². The smallest absolute Gasteiger partial charge is 0.274 e. The van der Waals surface area contributed by atoms with E-state index in [1.54, 1.807) is 6.20 Å². The Labute approximate surface area is 184 Å². The highest BCUT2D eigenvalue weighted by Gasteiger charge is 2.22. The maximum Gasteiger partial charge on any atom is 0.274 e. The Morgan fingerprint density at radius 3 is 2.65 bits per heavy atom. The maximum atomic E-state index is 12.4. The Morgan fingerprint density at radius 1 is 1.00 bits per heavy atom. The van der Waals surface area contributed by atoms with Crippen LogP contribution in [0.5, 0.6) is 0 Å². The van der Waals surface area contributed by atoms with Crippen molar-refractivity contribution >= 4 is 23.1 Å². The molecule has 4 aromatic heterocycles. The molecular weight excluding hydrogens is 412 g/mol. The molecule has 0 aromatic carbocycles. The van der Waals surface area contributed by atoms with Crippen molar-refractivity contribution in [2.75, 3.05) is 11.4 Å². The first-order valence-corrected chi connectivity index (χ1v) is 10.5. The molecule has 0 saturated heterocycles. The van der Waals surface area contributed by atoms with Crippen LogP contribution in [0.1, 0.15) is 28.1 Å². The van der Waals surface area contributed by atoms with Crippen molar-refractivity contribution in [2.24, 2.45) is 0 Å². The van der Waals surface area contributed by atoms with E-state index in [4.69, 9.17) is 16.6 Å². The van der Waals surface area contributed by atoms with Crippen LogP contribution in [0.4, 0.5) is 5.82 Å². The van der Waals surface area contributed by atoms with Crippen LogP contribution in [0.3, 0.4) is 0 Å². The van der Waals surface area contributed by atoms with Gasteiger partial charge in [0.15, 0.2) is 11.5 Å². The highest BCUT2D eigenvalue weighted by atomic mass is 35.5. The highest BCUT2D eigenvalue weighted by Crippen LogP contribution is 2.29. The number of rotatable bonds is 2. The summed E-state index contributed by atoms with van der Waals surface area (Å²) in [6.07, 6.45) is 4.51. The quantitative estimate of drug-likeness (QED) is 0.450. The van der Waals surface area contributed by atoms with E-state index < -0.39 is 0 Å². The average Bonchev–Trinajstić information content (AvgIpc) is 2.72. The van der Waals surface area contributed by atoms with Crippen molar-refractivity contribution in [3.05, 3.63) is 80.2 Å². The van der Waals surface area contributed by atoms with Gasteiger partial charge in [-0.15, -0.1) is 5.10 Å². The van der Waals surface area contributed by atoms with Gasteiger partial charge in [-0.2, -0.15) is 4.52 Å². The van der Waals surface area contributed by atoms with Crippen molar-refractivity contribution in [2.45, 2.75) is 33.7 Å². The summed E-state index contributed by atoms with van der Waals surface area (Å²) in [4.78, 5) is 28.0. The van der Waals surface area contributed by atoms with E-state index in [1.807, 2.05) is 39.1 Å². The Kier molecular flexibility index (Phi) is 4.70. The summed E-state index contributed by atoms with van der Waals surface area (Å²) in [7, 11) is 0. The number of anilines is 1. The molecule has 0 bridgehead atoms. The molecule has 7 nitrogen and oxygen atoms in total. The zero-order chi connectivity index (χ0) is 21.7. The van der Waals surface area contributed by atoms with E-state index in [-0.39, 0.29) is 5.56 Å². The van der Waals surface area contributed by atoms with Gasteiger partial charge in [-0.05, 0) is 55.7 Å². The van der Waals surface area contributed by atoms with E-state index >= 15 is 0 Å². The molecule has 5 rings (SSSR count). The predicted octanol–water partition coefficient (Wildman–Crippen LogP) is 3.69. The number of halogens is 1. The van der Waals surface area contributed by atoms with E-state index in [2.05, 4.69) is 26.0 Å². The number of hydrogen-bond acceptors (Lipinski definition) is 6. The molecular formula is C23H21ClN6O. The third-order valence-corrected chi connectivity index (χ3v) is 5.88. The molecule has 0 fully saturated rings. The fourth-order valence-electron chi connectivity index (χ4n) is 4.13. The second kappa shape index (κ2) is 7.42. The molecule has 0 radical (unpaired) electrons. The second-order valence-electron chi connectivity index (χ2n) is 7.98. The third kappa shape index (κ3) is 3.55. The first kappa shape index (κ1) is 19.6. The number of aryl methyl sites for hydroxylation is 3. The van der Waals surface area contributed by atoms with Gasteiger partial charge in [0.1, 0.15) is 5.15 Å². The SMILES string of the molecule is Cc1cc(=O)n2nc(N3CCc4ncc(-c5cnc(Cl)cc5C)cc4C3)c(C)cc2n1. The lowest BCUT2D eigenvalue weighted by molar-refractivity contribution is 0.685. The Morgan fingerprint density at radius 2 is 1.84 bits per heavy atom. The molecule has 1 aliphatic rings. The normalized spacial score (nSPS) is 13.5. The molecule has 1 aliphatic heterocycles. The van der Waals surface area contributed by atoms with Crippen LogP contribution in [0.15, 0.2) is 41.5 Å². The molecule has 0 aliphatic carbocycles. The zero-order valence-corrected chi connectivity index (χ0v) is 18.3. The molecule has 0 N–H and O–H groups in total. The Hall–Kier alpha value is -3.32. The van der Waals surface area contributed by atoms with Crippen molar-refractivity contribution in [3.63, 3.8) is 0 Å². The second-order valence-corrected chi connectivity index (χ2v) is 8.37. The van der Waals surface area contributed by atoms with Crippen LogP contribution in [-0.4, -0.2) is 31.1 Å². The predicted molar refractivity (Wildman–Crippen MR) is 121 cm³/mol. The van der Waals surface area contributed by atoms with Crippen molar-refractivity contribution in [3.8, 4) is 11.1 Å². The zero-order valence-electron chi connectivity index (χ0n) is 17.6. The molecule has 0 unspecified atom stereocenters. The van der Waals surface area contributed by atoms with Gasteiger partial charge in [0, 0.05) is 60.5 Å². The molecule has 0 atom stereocenters. The summed E-state index contributed by atoms with van der Waals surface area (Å²) in [6, 6.07) is 7.45. The molecule has 4 aromatic rings. The lowest BCUT2D eigenvalue weighted by atomic mass is 9.99. The largest absolute Gasteiger partial charge is 0.350 e. The fourth-order valence-corrected chi connectivity index (χ4v) is 4.34. The summed E-state index contributed by atoms with van der Waals surface area (Å²) >= 11 is 6.01. The summed E-state index contributed by atoms with van der Waals surface area (Å²) in [6.45, 7) is 7.29. The van der Waals surface area contributed by atoms with Gasteiger partial charge in [0.2, 0.25) is 0 Å². The molecule has 0 amide bonds. The van der Waals surface area contributed by atoms with E-state index in [0.29, 0.717) is 23.0 Å². The summed E-state index contributed by atoms with van der Waals surface area (Å²) in [5, 5.41) is 5.12. The number of nitrogens with zero attached hydrogens (tertiary/aromatic N) is 6. The molecule has 0 saturated carbocycles. The van der Waals surface area contributed by atoms with Crippen LogP contribution in [0.25, 0.3) is 16.8 Å². The molecule has 5 heterocycles. The van der Waals surface area contributed by atoms with Crippen LogP contribution >= 0.6 is 11.6 Å². The number of fused-ring (bicyclic) bond motifs is 2. The first-order valence-electron chi connectivity index (χ1n) is 10.1. The van der Waals surface area contributed by atoms with Crippen molar-refractivity contribution < 1.29 is 0 Å². The molecule has 31 heavy (non-hydrogen) atoms. The van der Waals surface area contributed by atoms with Crippen LogP contribution in [0.2, 0.25) is 5.15 Å². The molecule has 156 valence electrons. The maximum absolute atomic E-state index is 12.4. The minimum absolute atomic E-state index is 0.171.